The van der Waals surface area contributed by atoms with Crippen LogP contribution in [0.2, 0.25) is 0 Å². The van der Waals surface area contributed by atoms with Crippen LogP contribution in [0.5, 0.6) is 0 Å². The Balaban J connectivity index is 2.68. The zero-order valence-electron chi connectivity index (χ0n) is 7.10. The maximum absolute atomic E-state index is 10.8. The van der Waals surface area contributed by atoms with Crippen molar-refractivity contribution in [3.63, 3.8) is 0 Å². The molecule has 0 aromatic heterocycles. The molecule has 0 spiro atoms. The first-order chi connectivity index (χ1) is 5.01. The second-order valence-electron chi connectivity index (χ2n) is 3.65. The van der Waals surface area contributed by atoms with Gasteiger partial charge in [-0.05, 0) is 29.9 Å². The van der Waals surface area contributed by atoms with Crippen molar-refractivity contribution in [3.8, 4) is 0 Å². The van der Waals surface area contributed by atoms with Crippen molar-refractivity contribution >= 4 is 16.8 Å². The molecular weight excluding hydrogens is 160 g/mol. The summed E-state index contributed by atoms with van der Waals surface area (Å²) in [5.41, 5.74) is 0.0886. The lowest BCUT2D eigenvalue weighted by molar-refractivity contribution is -0.113. The molecule has 0 aliphatic heterocycles. The smallest absolute Gasteiger partial charge is 0.225 e. The van der Waals surface area contributed by atoms with E-state index in [0.29, 0.717) is 5.92 Å². The third-order valence-electron chi connectivity index (χ3n) is 2.55. The molecule has 1 fully saturated rings. The highest BCUT2D eigenvalue weighted by molar-refractivity contribution is 6.64. The van der Waals surface area contributed by atoms with Crippen molar-refractivity contribution < 1.29 is 4.79 Å². The number of hydrogen-bond acceptors (Lipinski definition) is 1. The molecule has 0 radical (unpaired) electrons. The molecule has 1 rings (SSSR count). The number of carbonyl (C=O) groups excluding carboxylic acids is 1. The first-order valence-electron chi connectivity index (χ1n) is 3.84. The third kappa shape index (κ3) is 1.34. The monoisotopic (exact) mass is 172 g/mol. The van der Waals surface area contributed by atoms with Crippen LogP contribution in [0.25, 0.3) is 0 Å². The second kappa shape index (κ2) is 2.63. The van der Waals surface area contributed by atoms with Crippen LogP contribution in [0.1, 0.15) is 20.8 Å². The minimum atomic E-state index is -0.196. The van der Waals surface area contributed by atoms with Gasteiger partial charge in [0, 0.05) is 5.92 Å². The molecule has 0 aromatic carbocycles. The molecule has 62 valence electrons. The topological polar surface area (TPSA) is 17.1 Å². The third-order valence-corrected chi connectivity index (χ3v) is 2.79. The van der Waals surface area contributed by atoms with Gasteiger partial charge in [0.2, 0.25) is 5.24 Å². The average Bonchev–Trinajstić information content (AvgIpc) is 2.35. The van der Waals surface area contributed by atoms with Gasteiger partial charge in [-0.2, -0.15) is 0 Å². The molecule has 1 aliphatic rings. The van der Waals surface area contributed by atoms with Crippen LogP contribution in [-0.4, -0.2) is 5.24 Å². The van der Waals surface area contributed by atoms with E-state index < -0.39 is 0 Å². The molecule has 1 saturated carbocycles. The molecule has 1 unspecified atom stereocenters. The van der Waals surface area contributed by atoms with E-state index in [1.807, 2.05) is 13.0 Å². The van der Waals surface area contributed by atoms with Gasteiger partial charge in [0.15, 0.2) is 0 Å². The summed E-state index contributed by atoms with van der Waals surface area (Å²) in [6, 6.07) is 0. The predicted molar refractivity (Wildman–Crippen MR) is 46.4 cm³/mol. The Labute approximate surface area is 72.4 Å². The van der Waals surface area contributed by atoms with Crippen molar-refractivity contribution in [2.45, 2.75) is 20.8 Å². The van der Waals surface area contributed by atoms with Gasteiger partial charge in [-0.15, -0.1) is 0 Å². The van der Waals surface area contributed by atoms with Crippen LogP contribution in [0.3, 0.4) is 0 Å². The van der Waals surface area contributed by atoms with E-state index in [-0.39, 0.29) is 16.6 Å². The van der Waals surface area contributed by atoms with Gasteiger partial charge in [0.05, 0.1) is 0 Å². The number of carbonyl (C=O) groups is 1. The van der Waals surface area contributed by atoms with Crippen LogP contribution in [0, 0.1) is 17.3 Å². The Morgan fingerprint density at radius 3 is 2.36 bits per heavy atom. The molecule has 0 heterocycles. The lowest BCUT2D eigenvalue weighted by Gasteiger charge is -1.95. The first-order valence-corrected chi connectivity index (χ1v) is 4.21. The van der Waals surface area contributed by atoms with E-state index in [1.54, 1.807) is 0 Å². The lowest BCUT2D eigenvalue weighted by Crippen LogP contribution is -1.96. The SMILES string of the molecule is C/C=C\C1[C@@H](C(=O)Cl)C1(C)C. The summed E-state index contributed by atoms with van der Waals surface area (Å²) in [4.78, 5) is 10.8. The molecule has 1 nitrogen and oxygen atoms in total. The highest BCUT2D eigenvalue weighted by atomic mass is 35.5. The molecule has 11 heavy (non-hydrogen) atoms. The van der Waals surface area contributed by atoms with Gasteiger partial charge in [-0.3, -0.25) is 4.79 Å². The number of halogens is 1. The quantitative estimate of drug-likeness (QED) is 0.462. The van der Waals surface area contributed by atoms with Gasteiger partial charge in [-0.1, -0.05) is 26.0 Å². The molecule has 0 aromatic rings. The summed E-state index contributed by atoms with van der Waals surface area (Å²) in [5.74, 6) is 0.401. The summed E-state index contributed by atoms with van der Waals surface area (Å²) >= 11 is 5.42. The highest BCUT2D eigenvalue weighted by Gasteiger charge is 2.59. The standard InChI is InChI=1S/C9H13ClO/c1-4-5-6-7(8(10)11)9(6,2)3/h4-7H,1-3H3/b5-4-/t6?,7-/m0/s1. The van der Waals surface area contributed by atoms with E-state index >= 15 is 0 Å². The molecule has 0 bridgehead atoms. The Morgan fingerprint density at radius 1 is 1.55 bits per heavy atom. The number of rotatable bonds is 2. The maximum atomic E-state index is 10.8. The highest BCUT2D eigenvalue weighted by Crippen LogP contribution is 2.59. The summed E-state index contributed by atoms with van der Waals surface area (Å²) in [5, 5.41) is -0.196. The maximum Gasteiger partial charge on any atom is 0.225 e. The first kappa shape index (κ1) is 8.79. The Kier molecular flexibility index (Phi) is 2.10. The van der Waals surface area contributed by atoms with E-state index in [4.69, 9.17) is 11.6 Å². The van der Waals surface area contributed by atoms with Gasteiger partial charge in [-0.25, -0.2) is 0 Å². The van der Waals surface area contributed by atoms with Gasteiger partial charge in [0.25, 0.3) is 0 Å². The predicted octanol–water partition coefficient (Wildman–Crippen LogP) is 2.60. The minimum Gasteiger partial charge on any atom is -0.281 e. The van der Waals surface area contributed by atoms with Crippen LogP contribution < -0.4 is 0 Å². The van der Waals surface area contributed by atoms with Crippen molar-refractivity contribution in [1.29, 1.82) is 0 Å². The Hall–Kier alpha value is -0.300. The fraction of sp³-hybridized carbons (Fsp3) is 0.667. The van der Waals surface area contributed by atoms with Crippen LogP contribution in [0.4, 0.5) is 0 Å². The van der Waals surface area contributed by atoms with E-state index in [1.165, 1.54) is 0 Å². The largest absolute Gasteiger partial charge is 0.281 e. The molecular formula is C9H13ClO. The summed E-state index contributed by atoms with van der Waals surface area (Å²) in [6.07, 6.45) is 4.04. The Bertz CT molecular complexity index is 206. The fourth-order valence-corrected chi connectivity index (χ4v) is 2.09. The van der Waals surface area contributed by atoms with Crippen LogP contribution in [0.15, 0.2) is 12.2 Å². The van der Waals surface area contributed by atoms with Crippen molar-refractivity contribution in [2.75, 3.05) is 0 Å². The zero-order chi connectivity index (χ0) is 8.65. The van der Waals surface area contributed by atoms with E-state index in [2.05, 4.69) is 19.9 Å². The molecule has 0 saturated heterocycles. The molecule has 0 amide bonds. The molecule has 2 heteroatoms. The van der Waals surface area contributed by atoms with E-state index in [0.717, 1.165) is 0 Å². The van der Waals surface area contributed by atoms with Gasteiger partial charge < -0.3 is 0 Å². The van der Waals surface area contributed by atoms with E-state index in [9.17, 15) is 4.79 Å². The fourth-order valence-electron chi connectivity index (χ4n) is 1.68. The van der Waals surface area contributed by atoms with Gasteiger partial charge in [0.1, 0.15) is 0 Å². The number of allylic oxidation sites excluding steroid dienone is 2. The average molecular weight is 173 g/mol. The lowest BCUT2D eigenvalue weighted by atomic mass is 10.1. The number of hydrogen-bond donors (Lipinski definition) is 0. The second-order valence-corrected chi connectivity index (χ2v) is 4.03. The normalized spacial score (nSPS) is 34.2. The van der Waals surface area contributed by atoms with Crippen molar-refractivity contribution in [2.24, 2.45) is 17.3 Å². The molecule has 0 N–H and O–H groups in total. The summed E-state index contributed by atoms with van der Waals surface area (Å²) in [6.45, 7) is 6.11. The molecule has 1 aliphatic carbocycles. The van der Waals surface area contributed by atoms with Crippen molar-refractivity contribution in [1.82, 2.24) is 0 Å². The van der Waals surface area contributed by atoms with Crippen LogP contribution in [-0.2, 0) is 4.79 Å². The summed E-state index contributed by atoms with van der Waals surface area (Å²) in [7, 11) is 0. The van der Waals surface area contributed by atoms with Crippen molar-refractivity contribution in [3.05, 3.63) is 12.2 Å². The summed E-state index contributed by atoms with van der Waals surface area (Å²) < 4.78 is 0. The Morgan fingerprint density at radius 2 is 2.09 bits per heavy atom. The molecule has 2 atom stereocenters. The zero-order valence-corrected chi connectivity index (χ0v) is 7.85. The minimum absolute atomic E-state index is 0.0420. The van der Waals surface area contributed by atoms with Crippen LogP contribution >= 0.6 is 11.6 Å². The van der Waals surface area contributed by atoms with Gasteiger partial charge >= 0.3 is 0 Å².